The molecule has 14 heteroatoms. The van der Waals surface area contributed by atoms with E-state index in [1.807, 2.05) is 49.3 Å². The van der Waals surface area contributed by atoms with Gasteiger partial charge in [0, 0.05) is 76.3 Å². The van der Waals surface area contributed by atoms with E-state index >= 15 is 0 Å². The van der Waals surface area contributed by atoms with E-state index in [4.69, 9.17) is 28.4 Å². The maximum Gasteiger partial charge on any atom is 0.308 e. The van der Waals surface area contributed by atoms with Crippen LogP contribution < -0.4 is 0 Å². The molecule has 1 aromatic rings. The first-order chi connectivity index (χ1) is 25.5. The van der Waals surface area contributed by atoms with Crippen LogP contribution >= 0.6 is 0 Å². The summed E-state index contributed by atoms with van der Waals surface area (Å²) in [4.78, 5) is 80.5. The largest absolute Gasteiger partial charge is 0.462 e. The Labute approximate surface area is 322 Å². The number of hydrogen-bond acceptors (Lipinski definition) is 14. The van der Waals surface area contributed by atoms with Gasteiger partial charge in [-0.2, -0.15) is 0 Å². The normalized spacial score (nSPS) is 31.8. The molecule has 14 nitrogen and oxygen atoms in total. The summed E-state index contributed by atoms with van der Waals surface area (Å²) in [6.45, 7) is 16.8. The van der Waals surface area contributed by atoms with Gasteiger partial charge in [0.05, 0.1) is 11.8 Å². The number of aliphatic hydroxyl groups is 1. The van der Waals surface area contributed by atoms with Crippen molar-refractivity contribution in [2.75, 3.05) is 14.1 Å². The quantitative estimate of drug-likeness (QED) is 0.199. The van der Waals surface area contributed by atoms with E-state index in [1.54, 1.807) is 20.8 Å². The zero-order chi connectivity index (χ0) is 41.4. The van der Waals surface area contributed by atoms with E-state index < -0.39 is 94.6 Å². The summed E-state index contributed by atoms with van der Waals surface area (Å²) < 4.78 is 36.2. The summed E-state index contributed by atoms with van der Waals surface area (Å²) in [5.41, 5.74) is -4.07. The zero-order valence-electron chi connectivity index (χ0n) is 33.6. The monoisotopic (exact) mass is 769 g/mol. The molecule has 1 unspecified atom stereocenters. The van der Waals surface area contributed by atoms with Gasteiger partial charge in [-0.3, -0.25) is 28.8 Å². The van der Waals surface area contributed by atoms with Crippen LogP contribution in [0.4, 0.5) is 0 Å². The van der Waals surface area contributed by atoms with Crippen LogP contribution in [0.5, 0.6) is 0 Å². The topological polar surface area (TPSA) is 181 Å². The van der Waals surface area contributed by atoms with Crippen LogP contribution in [0.1, 0.15) is 93.2 Å². The lowest BCUT2D eigenvalue weighted by molar-refractivity contribution is -0.278. The lowest BCUT2D eigenvalue weighted by Crippen LogP contribution is -2.75. The SMILES string of the molecule is C=C1C2[C@@H](OC(C)=O)[C@H]3CC(OC(C)=O)=C(C)[C@](O)([C@@H](OC(C)=O)[C@@H](OC(C)=O)[C@]2(C)[C@H](OC(C)=O)C[C@H]1OC(=O)C[C@@H](c1ccccc1)N(C)C)C3(C)C. The standard InChI is InChI=1S/C41H55NO13/c1-21-31(55-34(48)19-30(42(11)12)28-16-14-13-15-17-28)20-33(51-24(4)44)40(10)35(21)36(52-25(5)45)29-18-32(50-23(3)43)22(2)41(49,39(29,8)9)38(54-27(7)47)37(40)53-26(6)46/h13-17,29-31,33,35-38,49H,1,18-20H2,2-12H3/t29-,30+,31-,33-,35?,36+,37-,38+,40-,41+/m1/s1. The predicted octanol–water partition coefficient (Wildman–Crippen LogP) is 4.53. The number of carbonyl (C=O) groups is 6. The number of fused-ring (bicyclic) bond motifs is 3. The van der Waals surface area contributed by atoms with Crippen molar-refractivity contribution in [1.29, 1.82) is 0 Å². The predicted molar refractivity (Wildman–Crippen MR) is 196 cm³/mol. The maximum atomic E-state index is 13.9. The number of rotatable bonds is 10. The first kappa shape index (κ1) is 43.2. The fourth-order valence-electron chi connectivity index (χ4n) is 9.26. The first-order valence-corrected chi connectivity index (χ1v) is 18.4. The lowest BCUT2D eigenvalue weighted by Gasteiger charge is -2.64. The fraction of sp³-hybridized carbons (Fsp3) is 0.610. The molecular weight excluding hydrogens is 714 g/mol. The van der Waals surface area contributed by atoms with E-state index in [1.165, 1.54) is 27.7 Å². The van der Waals surface area contributed by atoms with Crippen LogP contribution in [-0.2, 0) is 57.2 Å². The second-order valence-corrected chi connectivity index (χ2v) is 15.9. The number of allylic oxidation sites excluding steroid dienone is 1. The molecular formula is C41H55NO13. The Kier molecular flexibility index (Phi) is 12.8. The molecule has 4 rings (SSSR count). The van der Waals surface area contributed by atoms with Crippen LogP contribution in [0.3, 0.4) is 0 Å². The third kappa shape index (κ3) is 8.21. The molecule has 2 bridgehead atoms. The Morgan fingerprint density at radius 3 is 1.87 bits per heavy atom. The second-order valence-electron chi connectivity index (χ2n) is 15.9. The van der Waals surface area contributed by atoms with E-state index in [9.17, 15) is 33.9 Å². The molecule has 0 aliphatic heterocycles. The second kappa shape index (κ2) is 16.3. The van der Waals surface area contributed by atoms with E-state index in [-0.39, 0.29) is 42.2 Å². The first-order valence-electron chi connectivity index (χ1n) is 18.4. The Balaban J connectivity index is 2.02. The van der Waals surface area contributed by atoms with Crippen molar-refractivity contribution < 1.29 is 62.3 Å². The van der Waals surface area contributed by atoms with Crippen LogP contribution in [0, 0.1) is 22.7 Å². The molecule has 55 heavy (non-hydrogen) atoms. The molecule has 0 heterocycles. The fourth-order valence-corrected chi connectivity index (χ4v) is 9.26. The summed E-state index contributed by atoms with van der Waals surface area (Å²) in [6, 6.07) is 9.06. The maximum absolute atomic E-state index is 13.9. The minimum atomic E-state index is -2.25. The molecule has 10 atom stereocenters. The molecule has 302 valence electrons. The number of esters is 6. The lowest BCUT2D eigenvalue weighted by atomic mass is 9.45. The Bertz CT molecular complexity index is 1730. The highest BCUT2D eigenvalue weighted by molar-refractivity contribution is 5.72. The molecule has 0 saturated heterocycles. The van der Waals surface area contributed by atoms with Gasteiger partial charge < -0.3 is 38.4 Å². The van der Waals surface area contributed by atoms with Gasteiger partial charge in [-0.1, -0.05) is 57.7 Å². The van der Waals surface area contributed by atoms with Crippen LogP contribution in [0.2, 0.25) is 0 Å². The summed E-state index contributed by atoms with van der Waals surface area (Å²) >= 11 is 0. The van der Waals surface area contributed by atoms with Gasteiger partial charge in [0.15, 0.2) is 12.2 Å². The molecule has 0 amide bonds. The molecule has 1 aromatic carbocycles. The van der Waals surface area contributed by atoms with Gasteiger partial charge in [-0.15, -0.1) is 0 Å². The van der Waals surface area contributed by atoms with Crippen molar-refractivity contribution in [1.82, 2.24) is 4.90 Å². The van der Waals surface area contributed by atoms with Gasteiger partial charge in [-0.25, -0.2) is 0 Å². The number of benzene rings is 1. The number of ether oxygens (including phenoxy) is 6. The molecule has 0 radical (unpaired) electrons. The number of carbonyl (C=O) groups excluding carboxylic acids is 6. The average Bonchev–Trinajstić information content (AvgIpc) is 3.06. The summed E-state index contributed by atoms with van der Waals surface area (Å²) in [5, 5.41) is 13.2. The minimum absolute atomic E-state index is 0.0374. The van der Waals surface area contributed by atoms with E-state index in [0.29, 0.717) is 0 Å². The smallest absolute Gasteiger partial charge is 0.308 e. The molecule has 0 spiro atoms. The average molecular weight is 770 g/mol. The third-order valence-electron chi connectivity index (χ3n) is 11.8. The zero-order valence-corrected chi connectivity index (χ0v) is 33.6. The highest BCUT2D eigenvalue weighted by atomic mass is 16.6. The molecule has 0 aromatic heterocycles. The van der Waals surface area contributed by atoms with Crippen molar-refractivity contribution in [3.63, 3.8) is 0 Å². The molecule has 3 aliphatic rings. The van der Waals surface area contributed by atoms with Crippen molar-refractivity contribution in [3.8, 4) is 0 Å². The van der Waals surface area contributed by atoms with E-state index in [2.05, 4.69) is 6.58 Å². The van der Waals surface area contributed by atoms with Gasteiger partial charge >= 0.3 is 35.8 Å². The molecule has 2 saturated carbocycles. The molecule has 3 aliphatic carbocycles. The molecule has 1 N–H and O–H groups in total. The highest BCUT2D eigenvalue weighted by Crippen LogP contribution is 2.64. The Morgan fingerprint density at radius 1 is 0.818 bits per heavy atom. The van der Waals surface area contributed by atoms with Gasteiger partial charge in [0.25, 0.3) is 0 Å². The minimum Gasteiger partial charge on any atom is -0.462 e. The van der Waals surface area contributed by atoms with Crippen molar-refractivity contribution in [2.24, 2.45) is 22.7 Å². The van der Waals surface area contributed by atoms with Crippen molar-refractivity contribution in [3.05, 3.63) is 59.4 Å². The number of nitrogens with zero attached hydrogens (tertiary/aromatic N) is 1. The van der Waals surface area contributed by atoms with Gasteiger partial charge in [0.1, 0.15) is 29.7 Å². The summed E-state index contributed by atoms with van der Waals surface area (Å²) in [6.07, 6.45) is -7.25. The van der Waals surface area contributed by atoms with Crippen LogP contribution in [0.15, 0.2) is 53.8 Å². The molecule has 2 fully saturated rings. The Hall–Kier alpha value is -4.56. The van der Waals surface area contributed by atoms with Gasteiger partial charge in [0.2, 0.25) is 0 Å². The number of hydrogen-bond donors (Lipinski definition) is 1. The van der Waals surface area contributed by atoms with E-state index in [0.717, 1.165) is 19.4 Å². The summed E-state index contributed by atoms with van der Waals surface area (Å²) in [7, 11) is 3.68. The Morgan fingerprint density at radius 2 is 1.36 bits per heavy atom. The highest BCUT2D eigenvalue weighted by Gasteiger charge is 2.73. The van der Waals surface area contributed by atoms with Crippen LogP contribution in [0.25, 0.3) is 0 Å². The van der Waals surface area contributed by atoms with Crippen molar-refractivity contribution in [2.45, 2.75) is 124 Å². The van der Waals surface area contributed by atoms with Crippen LogP contribution in [-0.4, -0.2) is 96.0 Å². The third-order valence-corrected chi connectivity index (χ3v) is 11.8. The summed E-state index contributed by atoms with van der Waals surface area (Å²) in [5.74, 6) is -6.45. The van der Waals surface area contributed by atoms with Crippen molar-refractivity contribution >= 4 is 35.8 Å². The van der Waals surface area contributed by atoms with Gasteiger partial charge in [-0.05, 0) is 32.2 Å².